The smallest absolute Gasteiger partial charge is 0.416 e. The third kappa shape index (κ3) is 5.26. The molecule has 2 atom stereocenters. The minimum absolute atomic E-state index is 0.239. The van der Waals surface area contributed by atoms with Crippen molar-refractivity contribution in [3.8, 4) is 0 Å². The van der Waals surface area contributed by atoms with Crippen LogP contribution < -0.4 is 5.32 Å². The Bertz CT molecular complexity index is 876. The van der Waals surface area contributed by atoms with Crippen LogP contribution >= 0.6 is 24.0 Å². The average Bonchev–Trinajstić information content (AvgIpc) is 3.18. The average molecular weight is 455 g/mol. The molecule has 2 aromatic rings. The molecule has 0 amide bonds. The van der Waals surface area contributed by atoms with E-state index in [4.69, 9.17) is 17.0 Å². The van der Waals surface area contributed by atoms with E-state index in [2.05, 4.69) is 5.32 Å². The second-order valence-corrected chi connectivity index (χ2v) is 8.12. The van der Waals surface area contributed by atoms with Gasteiger partial charge < -0.3 is 15.0 Å². The van der Waals surface area contributed by atoms with Gasteiger partial charge in [-0.3, -0.25) is 0 Å². The lowest BCUT2D eigenvalue weighted by atomic mass is 10.1. The van der Waals surface area contributed by atoms with Crippen molar-refractivity contribution in [3.63, 3.8) is 0 Å². The normalized spacial score (nSPS) is 18.9. The van der Waals surface area contributed by atoms with Crippen LogP contribution in [0.3, 0.4) is 0 Å². The second kappa shape index (κ2) is 9.70. The highest BCUT2D eigenvalue weighted by molar-refractivity contribution is 7.99. The molecule has 9 heteroatoms. The van der Waals surface area contributed by atoms with Crippen molar-refractivity contribution >= 4 is 35.1 Å². The molecule has 1 heterocycles. The Morgan fingerprint density at radius 3 is 2.47 bits per heavy atom. The van der Waals surface area contributed by atoms with E-state index < -0.39 is 29.1 Å². The molecule has 0 aliphatic carbocycles. The van der Waals surface area contributed by atoms with Crippen LogP contribution in [-0.2, 0) is 22.3 Å². The van der Waals surface area contributed by atoms with Gasteiger partial charge in [-0.1, -0.05) is 42.5 Å². The maximum Gasteiger partial charge on any atom is 0.416 e. The van der Waals surface area contributed by atoms with E-state index in [0.717, 1.165) is 17.7 Å². The topological polar surface area (TPSA) is 41.6 Å². The molecule has 0 aromatic heterocycles. The van der Waals surface area contributed by atoms with Crippen molar-refractivity contribution in [1.82, 2.24) is 10.2 Å². The molecule has 1 N–H and O–H groups in total. The van der Waals surface area contributed by atoms with Crippen LogP contribution in [0.2, 0.25) is 0 Å². The van der Waals surface area contributed by atoms with E-state index >= 15 is 0 Å². The summed E-state index contributed by atoms with van der Waals surface area (Å²) in [6.45, 7) is 2.43. The Kier molecular flexibility index (Phi) is 7.25. The zero-order valence-corrected chi connectivity index (χ0v) is 17.8. The molecule has 0 spiro atoms. The number of nitrogens with zero attached hydrogens (tertiary/aromatic N) is 1. The number of halogens is 3. The van der Waals surface area contributed by atoms with E-state index in [0.29, 0.717) is 23.0 Å². The van der Waals surface area contributed by atoms with Gasteiger partial charge in [0.25, 0.3) is 0 Å². The number of alkyl halides is 3. The van der Waals surface area contributed by atoms with Crippen molar-refractivity contribution in [2.45, 2.75) is 31.1 Å². The van der Waals surface area contributed by atoms with Crippen LogP contribution in [-0.4, -0.2) is 34.4 Å². The lowest BCUT2D eigenvalue weighted by Gasteiger charge is -2.31. The van der Waals surface area contributed by atoms with Crippen molar-refractivity contribution in [2.24, 2.45) is 0 Å². The van der Waals surface area contributed by atoms with Gasteiger partial charge in [-0.25, -0.2) is 4.79 Å². The summed E-state index contributed by atoms with van der Waals surface area (Å²) in [5, 5.41) is 3.12. The Balaban J connectivity index is 1.82. The fourth-order valence-electron chi connectivity index (χ4n) is 3.13. The number of thiocarbonyl (C=S) groups is 1. The molecule has 30 heavy (non-hydrogen) atoms. The highest BCUT2D eigenvalue weighted by Crippen LogP contribution is 2.42. The van der Waals surface area contributed by atoms with Gasteiger partial charge in [-0.15, -0.1) is 11.8 Å². The number of carbonyl (C=O) groups is 1. The van der Waals surface area contributed by atoms with Crippen LogP contribution in [0.4, 0.5) is 13.2 Å². The molecule has 0 saturated carbocycles. The van der Waals surface area contributed by atoms with Gasteiger partial charge in [0.05, 0.1) is 12.2 Å². The third-order valence-corrected chi connectivity index (χ3v) is 6.28. The number of nitrogens with one attached hydrogen (secondary N) is 1. The Morgan fingerprint density at radius 2 is 1.87 bits per heavy atom. The Labute approximate surface area is 182 Å². The van der Waals surface area contributed by atoms with Gasteiger partial charge in [-0.2, -0.15) is 13.2 Å². The summed E-state index contributed by atoms with van der Waals surface area (Å²) in [5.41, 5.74) is 0.946. The maximum absolute atomic E-state index is 12.9. The molecule has 3 rings (SSSR count). The lowest BCUT2D eigenvalue weighted by molar-refractivity contribution is -0.147. The summed E-state index contributed by atoms with van der Waals surface area (Å²) in [7, 11) is 0. The highest BCUT2D eigenvalue weighted by Gasteiger charge is 2.42. The van der Waals surface area contributed by atoms with Crippen LogP contribution in [0.15, 0.2) is 54.6 Å². The first-order chi connectivity index (χ1) is 14.3. The predicted octanol–water partition coefficient (Wildman–Crippen LogP) is 4.76. The van der Waals surface area contributed by atoms with Crippen LogP contribution in [0.25, 0.3) is 0 Å². The van der Waals surface area contributed by atoms with E-state index in [1.807, 2.05) is 30.3 Å². The predicted molar refractivity (Wildman–Crippen MR) is 115 cm³/mol. The SMILES string of the molecule is CCOC(=O)[C@@H]1CS[C@@H](c2ccc(C(F)(F)F)cc2)N1C(=S)NCc1ccccc1. The quantitative estimate of drug-likeness (QED) is 0.519. The fraction of sp³-hybridized carbons (Fsp3) is 0.333. The number of thioether (sulfide) groups is 1. The molecule has 1 saturated heterocycles. The zero-order valence-electron chi connectivity index (χ0n) is 16.2. The van der Waals surface area contributed by atoms with E-state index in [-0.39, 0.29) is 6.61 Å². The largest absolute Gasteiger partial charge is 0.464 e. The maximum atomic E-state index is 12.9. The first-order valence-electron chi connectivity index (χ1n) is 9.36. The molecule has 0 radical (unpaired) electrons. The summed E-state index contributed by atoms with van der Waals surface area (Å²) in [6.07, 6.45) is -4.40. The van der Waals surface area contributed by atoms with Crippen molar-refractivity contribution in [3.05, 3.63) is 71.3 Å². The Hall–Kier alpha value is -2.26. The van der Waals surface area contributed by atoms with Crippen molar-refractivity contribution < 1.29 is 22.7 Å². The summed E-state index contributed by atoms with van der Waals surface area (Å²) >= 11 is 7.01. The fourth-order valence-corrected chi connectivity index (χ4v) is 4.93. The monoisotopic (exact) mass is 454 g/mol. The number of carbonyl (C=O) groups excluding carboxylic acids is 1. The van der Waals surface area contributed by atoms with Gasteiger partial charge in [0.15, 0.2) is 5.11 Å². The molecule has 4 nitrogen and oxygen atoms in total. The summed E-state index contributed by atoms with van der Waals surface area (Å²) in [4.78, 5) is 14.2. The van der Waals surface area contributed by atoms with Gasteiger partial charge in [0.2, 0.25) is 0 Å². The molecule has 1 aliphatic heterocycles. The van der Waals surface area contributed by atoms with Crippen LogP contribution in [0, 0.1) is 0 Å². The van der Waals surface area contributed by atoms with E-state index in [9.17, 15) is 18.0 Å². The van der Waals surface area contributed by atoms with Crippen LogP contribution in [0.5, 0.6) is 0 Å². The van der Waals surface area contributed by atoms with Gasteiger partial charge in [0, 0.05) is 12.3 Å². The highest BCUT2D eigenvalue weighted by atomic mass is 32.2. The third-order valence-electron chi connectivity index (χ3n) is 4.60. The Morgan fingerprint density at radius 1 is 1.20 bits per heavy atom. The molecule has 0 bridgehead atoms. The van der Waals surface area contributed by atoms with Crippen LogP contribution in [0.1, 0.15) is 29.0 Å². The molecule has 1 fully saturated rings. The minimum Gasteiger partial charge on any atom is -0.464 e. The van der Waals surface area contributed by atoms with Gasteiger partial charge in [0.1, 0.15) is 11.4 Å². The number of esters is 1. The summed E-state index contributed by atoms with van der Waals surface area (Å²) in [6, 6.07) is 14.0. The number of benzene rings is 2. The second-order valence-electron chi connectivity index (χ2n) is 6.62. The van der Waals surface area contributed by atoms with Gasteiger partial charge in [-0.05, 0) is 42.4 Å². The number of hydrogen-bond donors (Lipinski definition) is 1. The first kappa shape index (κ1) is 22.4. The molecule has 1 aliphatic rings. The minimum atomic E-state index is -4.40. The number of rotatable bonds is 5. The van der Waals surface area contributed by atoms with E-state index in [1.165, 1.54) is 23.9 Å². The standard InChI is InChI=1S/C21H21F3N2O2S2/c1-2-28-19(27)17-13-30-18(15-8-10-16(11-9-15)21(22,23)24)26(17)20(29)25-12-14-6-4-3-5-7-14/h3-11,17-18H,2,12-13H2,1H3,(H,25,29)/t17-,18-/m0/s1. The molecular formula is C21H21F3N2O2S2. The molecule has 2 aromatic carbocycles. The number of ether oxygens (including phenoxy) is 1. The summed E-state index contributed by atoms with van der Waals surface area (Å²) in [5.74, 6) is 0.0285. The van der Waals surface area contributed by atoms with E-state index in [1.54, 1.807) is 11.8 Å². The van der Waals surface area contributed by atoms with Gasteiger partial charge >= 0.3 is 12.1 Å². The summed E-state index contributed by atoms with van der Waals surface area (Å²) < 4.78 is 43.9. The first-order valence-corrected chi connectivity index (χ1v) is 10.8. The molecule has 0 unspecified atom stereocenters. The number of hydrogen-bond acceptors (Lipinski definition) is 4. The van der Waals surface area contributed by atoms with Crippen molar-refractivity contribution in [2.75, 3.05) is 12.4 Å². The molecule has 160 valence electrons. The van der Waals surface area contributed by atoms with Crippen molar-refractivity contribution in [1.29, 1.82) is 0 Å². The molecular weight excluding hydrogens is 433 g/mol. The lowest BCUT2D eigenvalue weighted by Crippen LogP contribution is -2.48. The zero-order chi connectivity index (χ0) is 21.7.